The van der Waals surface area contributed by atoms with E-state index in [1.165, 1.54) is 15.9 Å². The van der Waals surface area contributed by atoms with Crippen molar-refractivity contribution in [1.82, 2.24) is 14.2 Å². The molecule has 182 valence electrons. The van der Waals surface area contributed by atoms with E-state index in [4.69, 9.17) is 16.3 Å². The third kappa shape index (κ3) is 4.46. The first-order valence-corrected chi connectivity index (χ1v) is 14.8. The summed E-state index contributed by atoms with van der Waals surface area (Å²) in [6.07, 6.45) is 2.59. The maximum atomic E-state index is 13.3. The van der Waals surface area contributed by atoms with E-state index in [1.807, 2.05) is 0 Å². The molecule has 11 heteroatoms. The molecule has 2 fully saturated rings. The van der Waals surface area contributed by atoms with Crippen molar-refractivity contribution < 1.29 is 17.9 Å². The minimum atomic E-state index is -3.73. The van der Waals surface area contributed by atoms with E-state index < -0.39 is 16.1 Å². The lowest BCUT2D eigenvalue weighted by molar-refractivity contribution is -0.136. The van der Waals surface area contributed by atoms with Crippen LogP contribution in [0, 0.1) is 13.8 Å². The van der Waals surface area contributed by atoms with Crippen LogP contribution in [0.4, 0.5) is 0 Å². The summed E-state index contributed by atoms with van der Waals surface area (Å²) in [7, 11) is -3.73. The molecular weight excluding hydrogens is 514 g/mol. The van der Waals surface area contributed by atoms with Crippen molar-refractivity contribution in [3.63, 3.8) is 0 Å². The average Bonchev–Trinajstić information content (AvgIpc) is 3.56. The minimum absolute atomic E-state index is 0.0121. The van der Waals surface area contributed by atoms with Gasteiger partial charge in [-0.15, -0.1) is 11.3 Å². The summed E-state index contributed by atoms with van der Waals surface area (Å²) in [6, 6.07) is 6.60. The second-order valence-electron chi connectivity index (χ2n) is 8.83. The molecule has 2 aromatic heterocycles. The molecule has 0 saturated carbocycles. The first kappa shape index (κ1) is 24.0. The summed E-state index contributed by atoms with van der Waals surface area (Å²) in [5, 5.41) is 0.667. The first-order valence-electron chi connectivity index (χ1n) is 11.3. The van der Waals surface area contributed by atoms with Gasteiger partial charge in [0.25, 0.3) is 15.2 Å². The molecule has 2 saturated heterocycles. The van der Waals surface area contributed by atoms with E-state index in [2.05, 4.69) is 31.0 Å². The van der Waals surface area contributed by atoms with Gasteiger partial charge in [-0.1, -0.05) is 35.1 Å². The first-order chi connectivity index (χ1) is 16.2. The second-order valence-corrected chi connectivity index (χ2v) is 13.6. The van der Waals surface area contributed by atoms with Gasteiger partial charge in [0.1, 0.15) is 16.4 Å². The van der Waals surface area contributed by atoms with Gasteiger partial charge in [-0.05, 0) is 49.9 Å². The molecule has 1 atom stereocenters. The fourth-order valence-electron chi connectivity index (χ4n) is 4.66. The minimum Gasteiger partial charge on any atom is -0.467 e. The van der Waals surface area contributed by atoms with Crippen molar-refractivity contribution in [2.75, 3.05) is 19.6 Å². The van der Waals surface area contributed by atoms with Gasteiger partial charge >= 0.3 is 0 Å². The van der Waals surface area contributed by atoms with Crippen LogP contribution in [0.2, 0.25) is 4.34 Å². The number of aryl methyl sites for hydroxylation is 2. The second kappa shape index (κ2) is 9.39. The van der Waals surface area contributed by atoms with E-state index >= 15 is 0 Å². The van der Waals surface area contributed by atoms with Crippen molar-refractivity contribution in [2.24, 2.45) is 0 Å². The molecule has 0 spiro atoms. The van der Waals surface area contributed by atoms with Crippen molar-refractivity contribution >= 4 is 60.4 Å². The third-order valence-electron chi connectivity index (χ3n) is 6.54. The summed E-state index contributed by atoms with van der Waals surface area (Å²) in [5.74, 6) is -0.117. The van der Waals surface area contributed by atoms with Crippen LogP contribution in [0.5, 0.6) is 5.19 Å². The number of piperidine rings is 1. The van der Waals surface area contributed by atoms with Gasteiger partial charge in [0.05, 0.1) is 14.6 Å². The Morgan fingerprint density at radius 1 is 1.06 bits per heavy atom. The molecule has 1 amide bonds. The third-order valence-corrected chi connectivity index (χ3v) is 11.2. The maximum Gasteiger partial charge on any atom is 0.274 e. The number of nitrogens with zero attached hydrogens (tertiary/aromatic N) is 3. The van der Waals surface area contributed by atoms with Crippen molar-refractivity contribution in [3.8, 4) is 5.19 Å². The predicted octanol–water partition coefficient (Wildman–Crippen LogP) is 4.85. The number of benzene rings is 1. The Bertz CT molecular complexity index is 1290. The number of thiazole rings is 1. The normalized spacial score (nSPS) is 20.3. The smallest absolute Gasteiger partial charge is 0.274 e. The number of ether oxygens (including phenoxy) is 1. The zero-order chi connectivity index (χ0) is 24.0. The van der Waals surface area contributed by atoms with E-state index in [-0.39, 0.29) is 16.2 Å². The standard InChI is InChI=1S/C23H26ClN3O4S3/c1-14-5-6-15(2)21-20(14)25-23(33-21)31-16-9-12-26(13-10-16)22(28)17-4-3-11-27(17)34(29,30)19-8-7-18(24)32-19/h5-8,16-17H,3-4,9-13H2,1-2H3. The fraction of sp³-hybridized carbons (Fsp3) is 0.478. The van der Waals surface area contributed by atoms with Gasteiger partial charge in [-0.2, -0.15) is 4.31 Å². The SMILES string of the molecule is Cc1ccc(C)c2sc(OC3CCN(C(=O)C4CCCN4S(=O)(=O)c4ccc(Cl)s4)CC3)nc12. The molecule has 7 nitrogen and oxygen atoms in total. The summed E-state index contributed by atoms with van der Waals surface area (Å²) in [6.45, 7) is 5.57. The van der Waals surface area contributed by atoms with Crippen molar-refractivity contribution in [2.45, 2.75) is 55.9 Å². The fourth-order valence-corrected chi connectivity index (χ4v) is 8.96. The van der Waals surface area contributed by atoms with E-state index in [1.54, 1.807) is 22.3 Å². The zero-order valence-electron chi connectivity index (χ0n) is 19.0. The Morgan fingerprint density at radius 2 is 1.79 bits per heavy atom. The van der Waals surface area contributed by atoms with Crippen LogP contribution in [0.15, 0.2) is 28.5 Å². The molecule has 0 N–H and O–H groups in total. The highest BCUT2D eigenvalue weighted by Crippen LogP contribution is 2.35. The predicted molar refractivity (Wildman–Crippen MR) is 136 cm³/mol. The number of hydrogen-bond donors (Lipinski definition) is 0. The van der Waals surface area contributed by atoms with E-state index in [0.29, 0.717) is 54.8 Å². The highest BCUT2D eigenvalue weighted by atomic mass is 35.5. The molecule has 5 rings (SSSR count). The Kier molecular flexibility index (Phi) is 6.62. The Balaban J connectivity index is 1.23. The van der Waals surface area contributed by atoms with Crippen LogP contribution < -0.4 is 4.74 Å². The number of halogens is 1. The number of thiophene rings is 1. The largest absolute Gasteiger partial charge is 0.467 e. The molecule has 0 aliphatic carbocycles. The number of aromatic nitrogens is 1. The van der Waals surface area contributed by atoms with Crippen LogP contribution in [0.25, 0.3) is 10.2 Å². The summed E-state index contributed by atoms with van der Waals surface area (Å²) in [5.41, 5.74) is 3.31. The number of sulfonamides is 1. The summed E-state index contributed by atoms with van der Waals surface area (Å²) >= 11 is 8.54. The number of carbonyl (C=O) groups excluding carboxylic acids is 1. The molecule has 0 radical (unpaired) electrons. The summed E-state index contributed by atoms with van der Waals surface area (Å²) < 4.78 is 35.5. The van der Waals surface area contributed by atoms with Crippen LogP contribution in [0.3, 0.4) is 0 Å². The Labute approximate surface area is 212 Å². The van der Waals surface area contributed by atoms with Gasteiger partial charge in [0.15, 0.2) is 0 Å². The molecule has 0 bridgehead atoms. The molecule has 1 unspecified atom stereocenters. The van der Waals surface area contributed by atoms with Crippen molar-refractivity contribution in [3.05, 3.63) is 39.7 Å². The van der Waals surface area contributed by atoms with E-state index in [9.17, 15) is 13.2 Å². The number of likely N-dealkylation sites (tertiary alicyclic amines) is 1. The topological polar surface area (TPSA) is 79.8 Å². The van der Waals surface area contributed by atoms with Crippen LogP contribution in [-0.4, -0.2) is 60.3 Å². The molecule has 34 heavy (non-hydrogen) atoms. The monoisotopic (exact) mass is 539 g/mol. The number of fused-ring (bicyclic) bond motifs is 1. The summed E-state index contributed by atoms with van der Waals surface area (Å²) in [4.78, 5) is 19.8. The van der Waals surface area contributed by atoms with E-state index in [0.717, 1.165) is 27.1 Å². The highest BCUT2D eigenvalue weighted by Gasteiger charge is 2.42. The quantitative estimate of drug-likeness (QED) is 0.463. The molecule has 2 aliphatic rings. The number of rotatable bonds is 5. The molecule has 1 aromatic carbocycles. The molecule has 4 heterocycles. The maximum absolute atomic E-state index is 13.3. The zero-order valence-corrected chi connectivity index (χ0v) is 22.2. The van der Waals surface area contributed by atoms with Gasteiger partial charge in [-0.25, -0.2) is 13.4 Å². The Hall–Kier alpha value is -1.72. The molecule has 3 aromatic rings. The van der Waals surface area contributed by atoms with Crippen LogP contribution in [-0.2, 0) is 14.8 Å². The Morgan fingerprint density at radius 3 is 2.47 bits per heavy atom. The number of carbonyl (C=O) groups is 1. The number of amides is 1. The van der Waals surface area contributed by atoms with Gasteiger partial charge in [0.2, 0.25) is 5.91 Å². The van der Waals surface area contributed by atoms with Crippen LogP contribution in [0.1, 0.15) is 36.8 Å². The lowest BCUT2D eigenvalue weighted by Crippen LogP contribution is -2.50. The lowest BCUT2D eigenvalue weighted by atomic mass is 10.1. The molecule has 2 aliphatic heterocycles. The number of hydrogen-bond acceptors (Lipinski definition) is 7. The lowest BCUT2D eigenvalue weighted by Gasteiger charge is -2.34. The van der Waals surface area contributed by atoms with Crippen molar-refractivity contribution in [1.29, 1.82) is 0 Å². The van der Waals surface area contributed by atoms with Gasteiger partial charge in [-0.3, -0.25) is 4.79 Å². The average molecular weight is 540 g/mol. The van der Waals surface area contributed by atoms with Crippen LogP contribution >= 0.6 is 34.3 Å². The van der Waals surface area contributed by atoms with Gasteiger partial charge < -0.3 is 9.64 Å². The molecular formula is C23H26ClN3O4S3. The highest BCUT2D eigenvalue weighted by molar-refractivity contribution is 7.91. The van der Waals surface area contributed by atoms with Gasteiger partial charge in [0, 0.05) is 32.5 Å².